The highest BCUT2D eigenvalue weighted by atomic mass is 16.3. The highest BCUT2D eigenvalue weighted by Gasteiger charge is 2.10. The third kappa shape index (κ3) is 4.38. The number of aliphatic hydroxyl groups excluding tert-OH is 1. The maximum Gasteiger partial charge on any atom is 0.241 e. The number of nitrogens with zero attached hydrogens (tertiary/aromatic N) is 5. The van der Waals surface area contributed by atoms with Crippen LogP contribution in [0.15, 0.2) is 18.7 Å². The van der Waals surface area contributed by atoms with Crippen LogP contribution in [0.4, 0.5) is 11.9 Å². The van der Waals surface area contributed by atoms with Gasteiger partial charge in [0, 0.05) is 25.5 Å². The Morgan fingerprint density at radius 1 is 1.33 bits per heavy atom. The SMILES string of the molecule is CCCC(CCO)CNc1nc(N)nc(-n2ccnc2)n1. The van der Waals surface area contributed by atoms with Crippen LogP contribution in [0.2, 0.25) is 0 Å². The van der Waals surface area contributed by atoms with Crippen molar-refractivity contribution in [3.63, 3.8) is 0 Å². The number of rotatable bonds is 8. The van der Waals surface area contributed by atoms with Crippen LogP contribution >= 0.6 is 0 Å². The number of hydrogen-bond donors (Lipinski definition) is 3. The first kappa shape index (κ1) is 15.2. The molecule has 8 heteroatoms. The van der Waals surface area contributed by atoms with Crippen molar-refractivity contribution in [2.75, 3.05) is 24.2 Å². The molecular weight excluding hydrogens is 270 g/mol. The highest BCUT2D eigenvalue weighted by Crippen LogP contribution is 2.13. The van der Waals surface area contributed by atoms with Crippen molar-refractivity contribution in [2.45, 2.75) is 26.2 Å². The van der Waals surface area contributed by atoms with Crippen LogP contribution in [0.3, 0.4) is 0 Å². The van der Waals surface area contributed by atoms with E-state index in [1.807, 2.05) is 0 Å². The second-order valence-electron chi connectivity index (χ2n) is 4.84. The van der Waals surface area contributed by atoms with Crippen LogP contribution in [0.5, 0.6) is 0 Å². The van der Waals surface area contributed by atoms with Crippen LogP contribution in [0, 0.1) is 5.92 Å². The fraction of sp³-hybridized carbons (Fsp3) is 0.538. The van der Waals surface area contributed by atoms with Gasteiger partial charge in [0.05, 0.1) is 0 Å². The molecule has 0 fully saturated rings. The molecule has 0 saturated carbocycles. The van der Waals surface area contributed by atoms with Gasteiger partial charge in [0.2, 0.25) is 17.8 Å². The number of aromatic nitrogens is 5. The van der Waals surface area contributed by atoms with E-state index in [9.17, 15) is 0 Å². The Labute approximate surface area is 123 Å². The van der Waals surface area contributed by atoms with Crippen LogP contribution in [0.25, 0.3) is 5.95 Å². The normalized spacial score (nSPS) is 12.3. The summed E-state index contributed by atoms with van der Waals surface area (Å²) in [5, 5.41) is 12.2. The van der Waals surface area contributed by atoms with Gasteiger partial charge in [-0.2, -0.15) is 15.0 Å². The van der Waals surface area contributed by atoms with Crippen LogP contribution in [-0.4, -0.2) is 42.8 Å². The molecule has 4 N–H and O–H groups in total. The summed E-state index contributed by atoms with van der Waals surface area (Å²) < 4.78 is 1.67. The molecule has 0 saturated heterocycles. The molecule has 0 bridgehead atoms. The van der Waals surface area contributed by atoms with Gasteiger partial charge in [-0.1, -0.05) is 13.3 Å². The van der Waals surface area contributed by atoms with Crippen molar-refractivity contribution in [3.05, 3.63) is 18.7 Å². The van der Waals surface area contributed by atoms with Crippen molar-refractivity contribution in [2.24, 2.45) is 5.92 Å². The van der Waals surface area contributed by atoms with Crippen molar-refractivity contribution in [1.82, 2.24) is 24.5 Å². The van der Waals surface area contributed by atoms with Gasteiger partial charge >= 0.3 is 0 Å². The molecular formula is C13H21N7O. The fourth-order valence-corrected chi connectivity index (χ4v) is 2.13. The summed E-state index contributed by atoms with van der Waals surface area (Å²) >= 11 is 0. The van der Waals surface area contributed by atoms with Gasteiger partial charge in [0.25, 0.3) is 0 Å². The average molecular weight is 291 g/mol. The molecule has 0 aliphatic rings. The van der Waals surface area contributed by atoms with Gasteiger partial charge in [-0.05, 0) is 18.8 Å². The summed E-state index contributed by atoms with van der Waals surface area (Å²) in [5.41, 5.74) is 5.71. The standard InChI is InChI=1S/C13H21N7O/c1-2-3-10(4-7-21)8-16-12-17-11(14)18-13(19-12)20-6-5-15-9-20/h5-6,9-10,21H,2-4,7-8H2,1H3,(H3,14,16,17,18,19). The second-order valence-corrected chi connectivity index (χ2v) is 4.84. The molecule has 0 spiro atoms. The molecule has 0 aliphatic heterocycles. The van der Waals surface area contributed by atoms with E-state index < -0.39 is 0 Å². The first-order valence-corrected chi connectivity index (χ1v) is 7.07. The van der Waals surface area contributed by atoms with Crippen LogP contribution in [-0.2, 0) is 0 Å². The first-order valence-electron chi connectivity index (χ1n) is 7.07. The molecule has 114 valence electrons. The van der Waals surface area contributed by atoms with Crippen molar-refractivity contribution in [3.8, 4) is 5.95 Å². The summed E-state index contributed by atoms with van der Waals surface area (Å²) in [6.07, 6.45) is 7.87. The Balaban J connectivity index is 2.06. The van der Waals surface area contributed by atoms with E-state index in [1.165, 1.54) is 0 Å². The summed E-state index contributed by atoms with van der Waals surface area (Å²) in [6, 6.07) is 0. The number of nitrogens with two attached hydrogens (primary N) is 1. The molecule has 8 nitrogen and oxygen atoms in total. The maximum atomic E-state index is 9.07. The number of aliphatic hydroxyl groups is 1. The Hall–Kier alpha value is -2.22. The third-order valence-electron chi connectivity index (χ3n) is 3.16. The zero-order valence-electron chi connectivity index (χ0n) is 12.1. The maximum absolute atomic E-state index is 9.07. The van der Waals surface area contributed by atoms with E-state index in [0.29, 0.717) is 24.4 Å². The van der Waals surface area contributed by atoms with Gasteiger partial charge in [-0.15, -0.1) is 0 Å². The van der Waals surface area contributed by atoms with Crippen LogP contribution < -0.4 is 11.1 Å². The molecule has 0 radical (unpaired) electrons. The van der Waals surface area contributed by atoms with Gasteiger partial charge in [0.1, 0.15) is 6.33 Å². The molecule has 1 unspecified atom stereocenters. The van der Waals surface area contributed by atoms with Gasteiger partial charge in [-0.25, -0.2) is 4.98 Å². The predicted molar refractivity (Wildman–Crippen MR) is 80.0 cm³/mol. The minimum Gasteiger partial charge on any atom is -0.396 e. The number of anilines is 2. The van der Waals surface area contributed by atoms with Gasteiger partial charge in [-0.3, -0.25) is 4.57 Å². The Kier molecular flexibility index (Phi) is 5.44. The Bertz CT molecular complexity index is 537. The molecule has 21 heavy (non-hydrogen) atoms. The second kappa shape index (κ2) is 7.53. The van der Waals surface area contributed by atoms with E-state index in [0.717, 1.165) is 19.3 Å². The quantitative estimate of drug-likeness (QED) is 0.660. The van der Waals surface area contributed by atoms with E-state index >= 15 is 0 Å². The lowest BCUT2D eigenvalue weighted by Crippen LogP contribution is -2.18. The summed E-state index contributed by atoms with van der Waals surface area (Å²) in [4.78, 5) is 16.4. The predicted octanol–water partition coefficient (Wildman–Crippen LogP) is 0.850. The largest absolute Gasteiger partial charge is 0.396 e. The zero-order valence-corrected chi connectivity index (χ0v) is 12.1. The summed E-state index contributed by atoms with van der Waals surface area (Å²) in [5.74, 6) is 1.40. The third-order valence-corrected chi connectivity index (χ3v) is 3.16. The van der Waals surface area contributed by atoms with E-state index in [2.05, 4.69) is 32.2 Å². The van der Waals surface area contributed by atoms with E-state index in [1.54, 1.807) is 23.3 Å². The minimum absolute atomic E-state index is 0.158. The number of imidazole rings is 1. The number of hydrogen-bond acceptors (Lipinski definition) is 7. The molecule has 0 aromatic carbocycles. The lowest BCUT2D eigenvalue weighted by Gasteiger charge is -2.15. The highest BCUT2D eigenvalue weighted by molar-refractivity contribution is 5.35. The number of nitrogen functional groups attached to an aromatic ring is 1. The van der Waals surface area contributed by atoms with Gasteiger partial charge in [0.15, 0.2) is 0 Å². The number of nitrogens with one attached hydrogen (secondary N) is 1. The van der Waals surface area contributed by atoms with Crippen molar-refractivity contribution in [1.29, 1.82) is 0 Å². The Morgan fingerprint density at radius 3 is 2.86 bits per heavy atom. The molecule has 1 atom stereocenters. The molecule has 2 aromatic rings. The molecule has 2 rings (SSSR count). The molecule has 0 amide bonds. The van der Waals surface area contributed by atoms with Crippen molar-refractivity contribution >= 4 is 11.9 Å². The Morgan fingerprint density at radius 2 is 2.19 bits per heavy atom. The lowest BCUT2D eigenvalue weighted by atomic mass is 10.0. The molecule has 0 aliphatic carbocycles. The zero-order chi connectivity index (χ0) is 15.1. The minimum atomic E-state index is 0.158. The summed E-state index contributed by atoms with van der Waals surface area (Å²) in [7, 11) is 0. The summed E-state index contributed by atoms with van der Waals surface area (Å²) in [6.45, 7) is 3.01. The average Bonchev–Trinajstić information content (AvgIpc) is 2.99. The fourth-order valence-electron chi connectivity index (χ4n) is 2.13. The smallest absolute Gasteiger partial charge is 0.241 e. The lowest BCUT2D eigenvalue weighted by molar-refractivity contribution is 0.255. The monoisotopic (exact) mass is 291 g/mol. The van der Waals surface area contributed by atoms with Crippen LogP contribution in [0.1, 0.15) is 26.2 Å². The first-order chi connectivity index (χ1) is 10.2. The van der Waals surface area contributed by atoms with E-state index in [-0.39, 0.29) is 12.6 Å². The van der Waals surface area contributed by atoms with Gasteiger partial charge < -0.3 is 16.2 Å². The van der Waals surface area contributed by atoms with Crippen molar-refractivity contribution < 1.29 is 5.11 Å². The topological polar surface area (TPSA) is 115 Å². The molecule has 2 heterocycles. The molecule has 2 aromatic heterocycles. The van der Waals surface area contributed by atoms with E-state index in [4.69, 9.17) is 10.8 Å².